The van der Waals surface area contributed by atoms with E-state index in [2.05, 4.69) is 4.76 Å². The van der Waals surface area contributed by atoms with Crippen LogP contribution in [0.2, 0.25) is 0 Å². The number of alkyl halides is 4. The Kier molecular flexibility index (Phi) is 6.12. The van der Waals surface area contributed by atoms with E-state index in [1.54, 1.807) is 5.48 Å². The van der Waals surface area contributed by atoms with Gasteiger partial charge in [0.25, 0.3) is 0 Å². The van der Waals surface area contributed by atoms with Crippen molar-refractivity contribution < 1.29 is 32.1 Å². The summed E-state index contributed by atoms with van der Waals surface area (Å²) >= 11 is 0. The van der Waals surface area contributed by atoms with Gasteiger partial charge < -0.3 is 10.8 Å². The van der Waals surface area contributed by atoms with E-state index in [1.807, 2.05) is 0 Å². The lowest BCUT2D eigenvalue weighted by atomic mass is 9.75. The Labute approximate surface area is 118 Å². The van der Waals surface area contributed by atoms with Gasteiger partial charge in [-0.3, -0.25) is 9.55 Å². The molecule has 4 N–H and O–H groups in total. The maximum absolute atomic E-state index is 13.4. The van der Waals surface area contributed by atoms with Gasteiger partial charge >= 0.3 is 19.5 Å². The van der Waals surface area contributed by atoms with Crippen molar-refractivity contribution in [1.29, 1.82) is 0 Å². The van der Waals surface area contributed by atoms with Crippen molar-refractivity contribution in [3.63, 3.8) is 0 Å². The Hall–Kier alpha value is -1.65. The van der Waals surface area contributed by atoms with Gasteiger partial charge in [-0.1, -0.05) is 24.3 Å². The molecule has 0 radical (unpaired) electrons. The number of hydrogen-bond donors (Lipinski definition) is 3. The van der Waals surface area contributed by atoms with Crippen LogP contribution in [0.3, 0.4) is 0 Å². The highest BCUT2D eigenvalue weighted by Crippen LogP contribution is 2.33. The second-order valence-electron chi connectivity index (χ2n) is 4.05. The summed E-state index contributed by atoms with van der Waals surface area (Å²) in [6.07, 6.45) is -4.06. The minimum absolute atomic E-state index is 0.0192. The number of rotatable bonds is 7. The molecular weight excluding hydrogens is 295 g/mol. The molecule has 0 aromatic heterocycles. The molecule has 21 heavy (non-hydrogen) atoms. The molecule has 1 rings (SSSR count). The van der Waals surface area contributed by atoms with E-state index in [9.17, 15) is 27.4 Å². The summed E-state index contributed by atoms with van der Waals surface area (Å²) in [7, 11) is -2.02. The van der Waals surface area contributed by atoms with Gasteiger partial charge in [-0.25, -0.2) is 14.3 Å². The molecule has 5 nitrogen and oxygen atoms in total. The van der Waals surface area contributed by atoms with Crippen molar-refractivity contribution in [1.82, 2.24) is 5.48 Å². The SMILES string of the molecule is NCCC(=O)NOB(O)c1ccccc1C(F)(F)C(F)F. The number of carbonyl (C=O) groups is 1. The maximum Gasteiger partial charge on any atom is 0.514 e. The van der Waals surface area contributed by atoms with Crippen molar-refractivity contribution in [3.05, 3.63) is 29.8 Å². The van der Waals surface area contributed by atoms with E-state index < -0.39 is 36.4 Å². The fourth-order valence-corrected chi connectivity index (χ4v) is 1.50. The Morgan fingerprint density at radius 2 is 2.05 bits per heavy atom. The number of halogens is 4. The first-order chi connectivity index (χ1) is 9.80. The Balaban J connectivity index is 2.90. The second kappa shape index (κ2) is 7.39. The minimum Gasteiger partial charge on any atom is -0.422 e. The summed E-state index contributed by atoms with van der Waals surface area (Å²) in [5, 5.41) is 9.62. The van der Waals surface area contributed by atoms with Crippen LogP contribution in [0.5, 0.6) is 0 Å². The fourth-order valence-electron chi connectivity index (χ4n) is 1.50. The van der Waals surface area contributed by atoms with Gasteiger partial charge in [0.05, 0.1) is 0 Å². The molecule has 0 saturated carbocycles. The molecule has 0 unspecified atom stereocenters. The molecule has 0 aliphatic carbocycles. The largest absolute Gasteiger partial charge is 0.514 e. The molecule has 0 aliphatic heterocycles. The van der Waals surface area contributed by atoms with E-state index >= 15 is 0 Å². The number of carbonyl (C=O) groups excluding carboxylic acids is 1. The van der Waals surface area contributed by atoms with E-state index in [0.29, 0.717) is 0 Å². The highest BCUT2D eigenvalue weighted by atomic mass is 19.3. The monoisotopic (exact) mass is 308 g/mol. The topological polar surface area (TPSA) is 84.6 Å². The molecular formula is C11H13BF4N2O3. The van der Waals surface area contributed by atoms with Gasteiger partial charge in [0, 0.05) is 18.5 Å². The van der Waals surface area contributed by atoms with E-state index in [1.165, 1.54) is 6.07 Å². The zero-order valence-corrected chi connectivity index (χ0v) is 10.7. The lowest BCUT2D eigenvalue weighted by molar-refractivity contribution is -0.134. The number of nitrogens with one attached hydrogen (secondary N) is 1. The van der Waals surface area contributed by atoms with Crippen LogP contribution >= 0.6 is 0 Å². The van der Waals surface area contributed by atoms with Crippen LogP contribution in [0, 0.1) is 0 Å². The summed E-state index contributed by atoms with van der Waals surface area (Å²) in [5.41, 5.74) is 5.23. The molecule has 1 amide bonds. The zero-order chi connectivity index (χ0) is 16.0. The molecule has 0 fully saturated rings. The summed E-state index contributed by atoms with van der Waals surface area (Å²) in [4.78, 5) is 11.1. The van der Waals surface area contributed by atoms with Gasteiger partial charge in [0.15, 0.2) is 0 Å². The molecule has 1 aromatic rings. The molecule has 0 bridgehead atoms. The van der Waals surface area contributed by atoms with Crippen molar-refractivity contribution in [2.75, 3.05) is 6.54 Å². The highest BCUT2D eigenvalue weighted by molar-refractivity contribution is 6.60. The minimum atomic E-state index is -4.46. The lowest BCUT2D eigenvalue weighted by Gasteiger charge is -2.20. The summed E-state index contributed by atoms with van der Waals surface area (Å²) in [5.74, 6) is -5.14. The summed E-state index contributed by atoms with van der Waals surface area (Å²) < 4.78 is 56.1. The number of hydrogen-bond acceptors (Lipinski definition) is 4. The molecule has 10 heteroatoms. The first kappa shape index (κ1) is 17.4. The molecule has 0 saturated heterocycles. The zero-order valence-electron chi connectivity index (χ0n) is 10.7. The first-order valence-corrected chi connectivity index (χ1v) is 5.88. The van der Waals surface area contributed by atoms with Crippen molar-refractivity contribution in [2.24, 2.45) is 5.73 Å². The molecule has 1 aromatic carbocycles. The maximum atomic E-state index is 13.4. The summed E-state index contributed by atoms with van der Waals surface area (Å²) in [6.45, 7) is 0.0192. The fraction of sp³-hybridized carbons (Fsp3) is 0.364. The second-order valence-corrected chi connectivity index (χ2v) is 4.05. The molecule has 0 atom stereocenters. The van der Waals surface area contributed by atoms with Crippen LogP contribution in [-0.4, -0.2) is 31.0 Å². The third-order valence-electron chi connectivity index (χ3n) is 2.52. The first-order valence-electron chi connectivity index (χ1n) is 5.88. The Bertz CT molecular complexity index is 490. The van der Waals surface area contributed by atoms with Gasteiger partial charge in [0.2, 0.25) is 5.91 Å². The quantitative estimate of drug-likeness (QED) is 0.380. The van der Waals surface area contributed by atoms with Crippen LogP contribution in [0.1, 0.15) is 12.0 Å². The summed E-state index contributed by atoms with van der Waals surface area (Å²) in [6, 6.07) is 4.12. The Morgan fingerprint density at radius 1 is 1.43 bits per heavy atom. The van der Waals surface area contributed by atoms with Crippen LogP contribution in [-0.2, 0) is 15.5 Å². The van der Waals surface area contributed by atoms with E-state index in [0.717, 1.165) is 18.2 Å². The van der Waals surface area contributed by atoms with Gasteiger partial charge in [-0.05, 0) is 5.46 Å². The van der Waals surface area contributed by atoms with Gasteiger partial charge in [-0.15, -0.1) is 0 Å². The molecule has 0 heterocycles. The smallest absolute Gasteiger partial charge is 0.422 e. The number of amides is 1. The van der Waals surface area contributed by atoms with Gasteiger partial charge in [0.1, 0.15) is 0 Å². The average molecular weight is 308 g/mol. The standard InChI is InChI=1S/C11H13BF4N2O3/c13-10(14)11(15,16)7-3-1-2-4-8(7)12(20)21-18-9(19)5-6-17/h1-4,10,20H,5-6,17H2,(H,18,19). The predicted molar refractivity (Wildman–Crippen MR) is 66.8 cm³/mol. The number of benzene rings is 1. The number of hydroxylamine groups is 1. The van der Waals surface area contributed by atoms with E-state index in [-0.39, 0.29) is 13.0 Å². The van der Waals surface area contributed by atoms with E-state index in [4.69, 9.17) is 5.73 Å². The normalized spacial score (nSPS) is 11.6. The van der Waals surface area contributed by atoms with Crippen molar-refractivity contribution >= 4 is 18.5 Å². The van der Waals surface area contributed by atoms with Crippen LogP contribution < -0.4 is 16.7 Å². The third kappa shape index (κ3) is 4.41. The van der Waals surface area contributed by atoms with Crippen LogP contribution in [0.15, 0.2) is 24.3 Å². The highest BCUT2D eigenvalue weighted by Gasteiger charge is 2.45. The molecule has 0 spiro atoms. The van der Waals surface area contributed by atoms with Crippen molar-refractivity contribution in [3.8, 4) is 0 Å². The lowest BCUT2D eigenvalue weighted by Crippen LogP contribution is -2.45. The van der Waals surface area contributed by atoms with Crippen molar-refractivity contribution in [2.45, 2.75) is 18.8 Å². The van der Waals surface area contributed by atoms with Crippen LogP contribution in [0.4, 0.5) is 17.6 Å². The Morgan fingerprint density at radius 3 is 2.62 bits per heavy atom. The third-order valence-corrected chi connectivity index (χ3v) is 2.52. The average Bonchev–Trinajstić information content (AvgIpc) is 2.45. The van der Waals surface area contributed by atoms with Crippen LogP contribution in [0.25, 0.3) is 0 Å². The van der Waals surface area contributed by atoms with Gasteiger partial charge in [-0.2, -0.15) is 8.78 Å². The molecule has 116 valence electrons. The number of nitrogens with two attached hydrogens (primary N) is 1. The predicted octanol–water partition coefficient (Wildman–Crippen LogP) is 0.128. The molecule has 0 aliphatic rings.